The van der Waals surface area contributed by atoms with Crippen LogP contribution in [0.5, 0.6) is 5.75 Å². The van der Waals surface area contributed by atoms with Crippen molar-refractivity contribution in [2.24, 2.45) is 5.92 Å². The largest absolute Gasteiger partial charge is 0.490 e. The van der Waals surface area contributed by atoms with Gasteiger partial charge in [-0.2, -0.15) is 0 Å². The number of carbonyl (C=O) groups excluding carboxylic acids is 1. The second kappa shape index (κ2) is 5.20. The van der Waals surface area contributed by atoms with E-state index in [1.54, 1.807) is 4.90 Å². The second-order valence-corrected chi connectivity index (χ2v) is 5.34. The van der Waals surface area contributed by atoms with Crippen molar-refractivity contribution >= 4 is 17.4 Å². The number of rotatable bonds is 2. The molecule has 1 fully saturated rings. The van der Waals surface area contributed by atoms with Gasteiger partial charge in [0, 0.05) is 38.3 Å². The van der Waals surface area contributed by atoms with E-state index in [4.69, 9.17) is 9.84 Å². The molecule has 6 nitrogen and oxygen atoms in total. The Balaban J connectivity index is 1.66. The van der Waals surface area contributed by atoms with Crippen molar-refractivity contribution in [3.8, 4) is 5.75 Å². The van der Waals surface area contributed by atoms with Gasteiger partial charge in [0.1, 0.15) is 12.4 Å². The molecule has 20 heavy (non-hydrogen) atoms. The van der Waals surface area contributed by atoms with Crippen LogP contribution in [0.3, 0.4) is 0 Å². The summed E-state index contributed by atoms with van der Waals surface area (Å²) in [7, 11) is 2.01. The number of urea groups is 1. The van der Waals surface area contributed by atoms with E-state index in [-0.39, 0.29) is 18.6 Å². The van der Waals surface area contributed by atoms with Crippen LogP contribution in [0.25, 0.3) is 0 Å². The van der Waals surface area contributed by atoms with Gasteiger partial charge in [0.15, 0.2) is 0 Å². The highest BCUT2D eigenvalue weighted by Gasteiger charge is 2.30. The minimum Gasteiger partial charge on any atom is -0.490 e. The fourth-order valence-electron chi connectivity index (χ4n) is 2.48. The number of fused-ring (bicyclic) bond motifs is 1. The number of hydrogen-bond donors (Lipinski definition) is 2. The van der Waals surface area contributed by atoms with Crippen molar-refractivity contribution < 1.29 is 14.6 Å². The average Bonchev–Trinajstić information content (AvgIpc) is 2.38. The number of hydrogen-bond acceptors (Lipinski definition) is 4. The SMILES string of the molecule is CN1CCOc2ccc(NC(=O)N3CC(CO)C3)cc21. The number of likely N-dealkylation sites (N-methyl/N-ethyl adjacent to an activating group) is 1. The lowest BCUT2D eigenvalue weighted by Crippen LogP contribution is -2.52. The molecule has 108 valence electrons. The topological polar surface area (TPSA) is 65.0 Å². The predicted octanol–water partition coefficient (Wildman–Crippen LogP) is 0.971. The van der Waals surface area contributed by atoms with Crippen LogP contribution in [0.1, 0.15) is 0 Å². The second-order valence-electron chi connectivity index (χ2n) is 5.34. The molecule has 0 unspecified atom stereocenters. The maximum atomic E-state index is 12.0. The average molecular weight is 277 g/mol. The summed E-state index contributed by atoms with van der Waals surface area (Å²) in [6.07, 6.45) is 0. The third-order valence-electron chi connectivity index (χ3n) is 3.81. The Labute approximate surface area is 117 Å². The first-order valence-electron chi connectivity index (χ1n) is 6.82. The van der Waals surface area contributed by atoms with Crippen molar-refractivity contribution in [2.75, 3.05) is 50.1 Å². The van der Waals surface area contributed by atoms with E-state index in [1.165, 1.54) is 0 Å². The lowest BCUT2D eigenvalue weighted by Gasteiger charge is -2.38. The maximum Gasteiger partial charge on any atom is 0.321 e. The van der Waals surface area contributed by atoms with Crippen LogP contribution in [0.4, 0.5) is 16.2 Å². The van der Waals surface area contributed by atoms with E-state index in [9.17, 15) is 4.79 Å². The Morgan fingerprint density at radius 1 is 1.50 bits per heavy atom. The molecular formula is C14H19N3O3. The number of nitrogens with zero attached hydrogens (tertiary/aromatic N) is 2. The van der Waals surface area contributed by atoms with Crippen LogP contribution >= 0.6 is 0 Å². The molecular weight excluding hydrogens is 258 g/mol. The molecule has 0 bridgehead atoms. The van der Waals surface area contributed by atoms with Gasteiger partial charge in [-0.15, -0.1) is 0 Å². The van der Waals surface area contributed by atoms with Crippen LogP contribution < -0.4 is 15.0 Å². The highest BCUT2D eigenvalue weighted by molar-refractivity contribution is 5.90. The molecule has 2 amide bonds. The zero-order chi connectivity index (χ0) is 14.1. The lowest BCUT2D eigenvalue weighted by atomic mass is 10.0. The van der Waals surface area contributed by atoms with E-state index in [0.717, 1.165) is 23.7 Å². The summed E-state index contributed by atoms with van der Waals surface area (Å²) in [4.78, 5) is 15.8. The quantitative estimate of drug-likeness (QED) is 0.845. The zero-order valence-electron chi connectivity index (χ0n) is 11.5. The zero-order valence-corrected chi connectivity index (χ0v) is 11.5. The molecule has 1 saturated heterocycles. The molecule has 0 radical (unpaired) electrons. The summed E-state index contributed by atoms with van der Waals surface area (Å²) in [5.74, 6) is 1.07. The summed E-state index contributed by atoms with van der Waals surface area (Å²) in [5, 5.41) is 11.8. The van der Waals surface area contributed by atoms with E-state index in [2.05, 4.69) is 10.2 Å². The van der Waals surface area contributed by atoms with Crippen LogP contribution in [-0.2, 0) is 0 Å². The van der Waals surface area contributed by atoms with E-state index < -0.39 is 0 Å². The van der Waals surface area contributed by atoms with Gasteiger partial charge in [0.05, 0.1) is 12.2 Å². The molecule has 2 N–H and O–H groups in total. The van der Waals surface area contributed by atoms with Gasteiger partial charge in [-0.05, 0) is 18.2 Å². The molecule has 0 aromatic heterocycles. The molecule has 0 atom stereocenters. The van der Waals surface area contributed by atoms with Crippen LogP contribution in [0, 0.1) is 5.92 Å². The first-order chi connectivity index (χ1) is 9.67. The minimum absolute atomic E-state index is 0.117. The Kier molecular flexibility index (Phi) is 3.40. The number of carbonyl (C=O) groups is 1. The molecule has 6 heteroatoms. The van der Waals surface area contributed by atoms with Gasteiger partial charge in [-0.3, -0.25) is 0 Å². The van der Waals surface area contributed by atoms with Crippen molar-refractivity contribution in [2.45, 2.75) is 0 Å². The number of aliphatic hydroxyl groups excluding tert-OH is 1. The maximum absolute atomic E-state index is 12.0. The van der Waals surface area contributed by atoms with E-state index in [1.807, 2.05) is 25.2 Å². The van der Waals surface area contributed by atoms with Crippen LogP contribution in [0.2, 0.25) is 0 Å². The fourth-order valence-corrected chi connectivity index (χ4v) is 2.48. The number of amides is 2. The molecule has 2 aliphatic rings. The van der Waals surface area contributed by atoms with Gasteiger partial charge in [0.2, 0.25) is 0 Å². The molecule has 0 aliphatic carbocycles. The van der Waals surface area contributed by atoms with Crippen molar-refractivity contribution in [1.82, 2.24) is 4.90 Å². The van der Waals surface area contributed by atoms with E-state index >= 15 is 0 Å². The predicted molar refractivity (Wildman–Crippen MR) is 76.4 cm³/mol. The van der Waals surface area contributed by atoms with Crippen molar-refractivity contribution in [3.63, 3.8) is 0 Å². The number of nitrogens with one attached hydrogen (secondary N) is 1. The number of anilines is 2. The van der Waals surface area contributed by atoms with Crippen molar-refractivity contribution in [3.05, 3.63) is 18.2 Å². The number of benzene rings is 1. The number of ether oxygens (including phenoxy) is 1. The summed E-state index contributed by atoms with van der Waals surface area (Å²) in [6.45, 7) is 2.91. The molecule has 2 heterocycles. The fraction of sp³-hybridized carbons (Fsp3) is 0.500. The number of aliphatic hydroxyl groups is 1. The molecule has 0 saturated carbocycles. The summed E-state index contributed by atoms with van der Waals surface area (Å²) < 4.78 is 5.57. The van der Waals surface area contributed by atoms with E-state index in [0.29, 0.717) is 19.7 Å². The third-order valence-corrected chi connectivity index (χ3v) is 3.81. The van der Waals surface area contributed by atoms with Gasteiger partial charge in [-0.25, -0.2) is 4.79 Å². The highest BCUT2D eigenvalue weighted by Crippen LogP contribution is 2.33. The summed E-state index contributed by atoms with van der Waals surface area (Å²) in [5.41, 5.74) is 1.75. The Morgan fingerprint density at radius 3 is 3.05 bits per heavy atom. The van der Waals surface area contributed by atoms with Gasteiger partial charge >= 0.3 is 6.03 Å². The summed E-state index contributed by atoms with van der Waals surface area (Å²) in [6, 6.07) is 5.54. The molecule has 1 aromatic rings. The van der Waals surface area contributed by atoms with Gasteiger partial charge in [-0.1, -0.05) is 0 Å². The number of likely N-dealkylation sites (tertiary alicyclic amines) is 1. The smallest absolute Gasteiger partial charge is 0.321 e. The van der Waals surface area contributed by atoms with Crippen LogP contribution in [0.15, 0.2) is 18.2 Å². The Morgan fingerprint density at radius 2 is 2.30 bits per heavy atom. The standard InChI is InChI=1S/C14H19N3O3/c1-16-4-5-20-13-3-2-11(6-12(13)16)15-14(19)17-7-10(8-17)9-18/h2-3,6,10,18H,4-5,7-9H2,1H3,(H,15,19). The molecule has 2 aliphatic heterocycles. The van der Waals surface area contributed by atoms with Crippen LogP contribution in [-0.4, -0.2) is 55.9 Å². The van der Waals surface area contributed by atoms with Crippen molar-refractivity contribution in [1.29, 1.82) is 0 Å². The highest BCUT2D eigenvalue weighted by atomic mass is 16.5. The van der Waals surface area contributed by atoms with Gasteiger partial charge < -0.3 is 25.0 Å². The minimum atomic E-state index is -0.117. The normalized spacial score (nSPS) is 18.1. The lowest BCUT2D eigenvalue weighted by molar-refractivity contribution is 0.0838. The Hall–Kier alpha value is -1.95. The Bertz CT molecular complexity index is 514. The molecule has 1 aromatic carbocycles. The summed E-state index contributed by atoms with van der Waals surface area (Å²) >= 11 is 0. The monoisotopic (exact) mass is 277 g/mol. The molecule has 0 spiro atoms. The van der Waals surface area contributed by atoms with Gasteiger partial charge in [0.25, 0.3) is 0 Å². The third kappa shape index (κ3) is 2.38. The first kappa shape index (κ1) is 13.1. The first-order valence-corrected chi connectivity index (χ1v) is 6.82. The molecule has 3 rings (SSSR count).